The summed E-state index contributed by atoms with van der Waals surface area (Å²) < 4.78 is 9.10. The summed E-state index contributed by atoms with van der Waals surface area (Å²) in [5, 5.41) is -0.306. The maximum atomic E-state index is 10.3. The minimum Gasteiger partial charge on any atom is -0.465 e. The summed E-state index contributed by atoms with van der Waals surface area (Å²) in [6, 6.07) is 0. The van der Waals surface area contributed by atoms with Gasteiger partial charge in [0.05, 0.1) is 13.2 Å². The average molecular weight is 236 g/mol. The van der Waals surface area contributed by atoms with E-state index in [0.29, 0.717) is 13.2 Å². The predicted octanol–water partition coefficient (Wildman–Crippen LogP) is 0.463. The first-order valence-electron chi connectivity index (χ1n) is 4.30. The van der Waals surface area contributed by atoms with Crippen LogP contribution in [0.4, 0.5) is 0 Å². The van der Waals surface area contributed by atoms with E-state index in [0.717, 1.165) is 12.8 Å². The van der Waals surface area contributed by atoms with Crippen LogP contribution in [-0.2, 0) is 19.1 Å². The number of hydrogen-bond acceptors (Lipinski definition) is 6. The van der Waals surface area contributed by atoms with Crippen molar-refractivity contribution in [2.75, 3.05) is 13.2 Å². The standard InChI is InChI=1S/2C4H6O2S/c2*5-4-3(7)1-2-6-4/h2*3,7H,1-2H2. The van der Waals surface area contributed by atoms with Crippen molar-refractivity contribution in [3.8, 4) is 0 Å². The van der Waals surface area contributed by atoms with E-state index in [-0.39, 0.29) is 22.4 Å². The molecule has 0 aromatic carbocycles. The van der Waals surface area contributed by atoms with Gasteiger partial charge in [0.25, 0.3) is 0 Å². The molecular formula is C8H12O4S2. The number of carbonyl (C=O) groups is 2. The minimum atomic E-state index is -0.177. The molecule has 2 rings (SSSR count). The summed E-state index contributed by atoms with van der Waals surface area (Å²) in [6.45, 7) is 1.10. The number of cyclic esters (lactones) is 2. The maximum Gasteiger partial charge on any atom is 0.318 e. The van der Waals surface area contributed by atoms with Crippen LogP contribution in [0, 0.1) is 0 Å². The second kappa shape index (κ2) is 5.50. The third-order valence-corrected chi connectivity index (χ3v) is 2.75. The number of hydrogen-bond donors (Lipinski definition) is 2. The quantitative estimate of drug-likeness (QED) is 0.474. The van der Waals surface area contributed by atoms with Crippen molar-refractivity contribution in [2.24, 2.45) is 0 Å². The van der Waals surface area contributed by atoms with Crippen molar-refractivity contribution in [3.05, 3.63) is 0 Å². The molecule has 0 spiro atoms. The number of esters is 2. The van der Waals surface area contributed by atoms with Crippen molar-refractivity contribution in [1.29, 1.82) is 0 Å². The third kappa shape index (κ3) is 3.42. The molecule has 0 amide bonds. The molecular weight excluding hydrogens is 224 g/mol. The molecule has 0 saturated carbocycles. The van der Waals surface area contributed by atoms with E-state index in [2.05, 4.69) is 34.7 Å². The average Bonchev–Trinajstić information content (AvgIpc) is 2.67. The molecule has 2 unspecified atom stereocenters. The molecule has 2 fully saturated rings. The lowest BCUT2D eigenvalue weighted by molar-refractivity contribution is -0.138. The highest BCUT2D eigenvalue weighted by atomic mass is 32.1. The van der Waals surface area contributed by atoms with Crippen LogP contribution in [0.25, 0.3) is 0 Å². The van der Waals surface area contributed by atoms with Gasteiger partial charge in [0.1, 0.15) is 10.5 Å². The van der Waals surface area contributed by atoms with Gasteiger partial charge in [-0.05, 0) is 0 Å². The fourth-order valence-corrected chi connectivity index (χ4v) is 1.33. The van der Waals surface area contributed by atoms with Gasteiger partial charge in [-0.3, -0.25) is 9.59 Å². The molecule has 0 aliphatic carbocycles. The summed E-state index contributed by atoms with van der Waals surface area (Å²) >= 11 is 7.83. The largest absolute Gasteiger partial charge is 0.465 e. The van der Waals surface area contributed by atoms with E-state index in [4.69, 9.17) is 0 Å². The first-order chi connectivity index (χ1) is 6.61. The summed E-state index contributed by atoms with van der Waals surface area (Å²) in [7, 11) is 0. The number of rotatable bonds is 0. The Kier molecular flexibility index (Phi) is 4.60. The van der Waals surface area contributed by atoms with Gasteiger partial charge in [0.2, 0.25) is 0 Å². The smallest absolute Gasteiger partial charge is 0.318 e. The zero-order valence-electron chi connectivity index (χ0n) is 7.51. The molecule has 2 aliphatic rings. The van der Waals surface area contributed by atoms with Gasteiger partial charge < -0.3 is 9.47 Å². The molecule has 2 atom stereocenters. The number of carbonyl (C=O) groups excluding carboxylic acids is 2. The lowest BCUT2D eigenvalue weighted by atomic mass is 10.4. The van der Waals surface area contributed by atoms with E-state index in [1.54, 1.807) is 0 Å². The van der Waals surface area contributed by atoms with E-state index >= 15 is 0 Å². The predicted molar refractivity (Wildman–Crippen MR) is 56.7 cm³/mol. The van der Waals surface area contributed by atoms with Crippen LogP contribution in [-0.4, -0.2) is 35.7 Å². The molecule has 0 radical (unpaired) electrons. The highest BCUT2D eigenvalue weighted by Crippen LogP contribution is 2.11. The van der Waals surface area contributed by atoms with Crippen LogP contribution in [0.15, 0.2) is 0 Å². The Hall–Kier alpha value is -0.360. The van der Waals surface area contributed by atoms with Crippen molar-refractivity contribution in [3.63, 3.8) is 0 Å². The fourth-order valence-electron chi connectivity index (χ4n) is 0.970. The van der Waals surface area contributed by atoms with Crippen LogP contribution in [0.1, 0.15) is 12.8 Å². The minimum absolute atomic E-state index is 0.153. The van der Waals surface area contributed by atoms with Crippen LogP contribution < -0.4 is 0 Å². The summed E-state index contributed by atoms with van der Waals surface area (Å²) in [6.07, 6.45) is 1.53. The molecule has 0 N–H and O–H groups in total. The second-order valence-corrected chi connectivity index (χ2v) is 4.19. The molecule has 0 aromatic heterocycles. The first-order valence-corrected chi connectivity index (χ1v) is 5.34. The number of thiol groups is 2. The van der Waals surface area contributed by atoms with Gasteiger partial charge >= 0.3 is 11.9 Å². The van der Waals surface area contributed by atoms with Crippen molar-refractivity contribution >= 4 is 37.2 Å². The Labute approximate surface area is 93.1 Å². The molecule has 4 nitrogen and oxygen atoms in total. The Morgan fingerprint density at radius 2 is 1.29 bits per heavy atom. The maximum absolute atomic E-state index is 10.3. The van der Waals surface area contributed by atoms with E-state index in [1.165, 1.54) is 0 Å². The topological polar surface area (TPSA) is 52.6 Å². The van der Waals surface area contributed by atoms with Crippen molar-refractivity contribution in [1.82, 2.24) is 0 Å². The van der Waals surface area contributed by atoms with Crippen molar-refractivity contribution < 1.29 is 19.1 Å². The summed E-state index contributed by atoms with van der Waals surface area (Å²) in [5.74, 6) is -0.355. The van der Waals surface area contributed by atoms with Gasteiger partial charge in [0, 0.05) is 12.8 Å². The molecule has 0 aromatic rings. The van der Waals surface area contributed by atoms with E-state index < -0.39 is 0 Å². The van der Waals surface area contributed by atoms with Gasteiger partial charge in [-0.15, -0.1) is 0 Å². The lowest BCUT2D eigenvalue weighted by Gasteiger charge is -1.88. The monoisotopic (exact) mass is 236 g/mol. The van der Waals surface area contributed by atoms with Crippen LogP contribution in [0.2, 0.25) is 0 Å². The molecule has 0 bridgehead atoms. The Bertz CT molecular complexity index is 207. The van der Waals surface area contributed by atoms with E-state index in [9.17, 15) is 9.59 Å². The number of ether oxygens (including phenoxy) is 2. The van der Waals surface area contributed by atoms with Gasteiger partial charge in [-0.2, -0.15) is 25.3 Å². The van der Waals surface area contributed by atoms with Gasteiger partial charge in [-0.25, -0.2) is 0 Å². The SMILES string of the molecule is O=C1OCCC1S.O=C1OCCC1S. The molecule has 2 saturated heterocycles. The summed E-state index contributed by atoms with van der Waals surface area (Å²) in [4.78, 5) is 20.6. The zero-order valence-corrected chi connectivity index (χ0v) is 9.30. The molecule has 2 heterocycles. The lowest BCUT2D eigenvalue weighted by Crippen LogP contribution is -2.04. The zero-order chi connectivity index (χ0) is 10.6. The normalized spacial score (nSPS) is 30.4. The second-order valence-electron chi connectivity index (χ2n) is 2.94. The highest BCUT2D eigenvalue weighted by molar-refractivity contribution is 7.82. The van der Waals surface area contributed by atoms with Crippen LogP contribution in [0.5, 0.6) is 0 Å². The molecule has 80 valence electrons. The summed E-state index contributed by atoms with van der Waals surface area (Å²) in [5.41, 5.74) is 0. The van der Waals surface area contributed by atoms with Gasteiger partial charge in [0.15, 0.2) is 0 Å². The first kappa shape index (κ1) is 11.7. The molecule has 2 aliphatic heterocycles. The fraction of sp³-hybridized carbons (Fsp3) is 0.750. The van der Waals surface area contributed by atoms with Crippen molar-refractivity contribution in [2.45, 2.75) is 23.3 Å². The Morgan fingerprint density at radius 1 is 0.929 bits per heavy atom. The van der Waals surface area contributed by atoms with Gasteiger partial charge in [-0.1, -0.05) is 0 Å². The highest BCUT2D eigenvalue weighted by Gasteiger charge is 2.22. The molecule has 14 heavy (non-hydrogen) atoms. The van der Waals surface area contributed by atoms with Crippen LogP contribution in [0.3, 0.4) is 0 Å². The molecule has 6 heteroatoms. The third-order valence-electron chi connectivity index (χ3n) is 1.82. The van der Waals surface area contributed by atoms with E-state index in [1.807, 2.05) is 0 Å². The Morgan fingerprint density at radius 3 is 1.36 bits per heavy atom. The van der Waals surface area contributed by atoms with Crippen LogP contribution >= 0.6 is 25.3 Å². The Balaban J connectivity index is 0.000000140.